The van der Waals surface area contributed by atoms with Crippen molar-refractivity contribution >= 4 is 7.12 Å². The Balaban J connectivity index is 4.04. The third-order valence-electron chi connectivity index (χ3n) is 1.94. The lowest BCUT2D eigenvalue weighted by Gasteiger charge is -2.03. The number of hydrogen-bond donors (Lipinski definition) is 0. The van der Waals surface area contributed by atoms with Gasteiger partial charge in [-0.2, -0.15) is 0 Å². The molecule has 0 rings (SSSR count). The van der Waals surface area contributed by atoms with Crippen LogP contribution in [0.15, 0.2) is 23.7 Å². The van der Waals surface area contributed by atoms with Gasteiger partial charge in [-0.15, -0.1) is 0 Å². The van der Waals surface area contributed by atoms with Crippen molar-refractivity contribution in [2.75, 3.05) is 20.9 Å². The Kier molecular flexibility index (Phi) is 8.23. The molecule has 0 aliphatic carbocycles. The molecule has 0 aromatic carbocycles. The van der Waals surface area contributed by atoms with Crippen molar-refractivity contribution in [1.82, 2.24) is 0 Å². The fraction of sp³-hybridized carbons (Fsp3) is 0.600. The molecule has 0 spiro atoms. The van der Waals surface area contributed by atoms with Gasteiger partial charge in [-0.1, -0.05) is 18.1 Å². The fourth-order valence-corrected chi connectivity index (χ4v) is 0.986. The number of hydrogen-bond acceptors (Lipinski definition) is 2. The first-order valence-corrected chi connectivity index (χ1v) is 4.76. The summed E-state index contributed by atoms with van der Waals surface area (Å²) in [7, 11) is 2.63. The van der Waals surface area contributed by atoms with Crippen LogP contribution in [0.25, 0.3) is 0 Å². The van der Waals surface area contributed by atoms with Crippen molar-refractivity contribution in [3.63, 3.8) is 0 Å². The normalized spacial score (nSPS) is 14.6. The summed E-state index contributed by atoms with van der Waals surface area (Å²) in [5.41, 5.74) is 0.172. The highest BCUT2D eigenvalue weighted by atomic mass is 19.1. The van der Waals surface area contributed by atoms with Crippen molar-refractivity contribution < 1.29 is 18.1 Å². The molecule has 0 aliphatic rings. The minimum absolute atomic E-state index is 0.172. The van der Waals surface area contributed by atoms with E-state index in [1.165, 1.54) is 27.2 Å². The molecule has 86 valence electrons. The summed E-state index contributed by atoms with van der Waals surface area (Å²) in [5.74, 6) is 1.69. The average molecular weight is 218 g/mol. The lowest BCUT2D eigenvalue weighted by Crippen LogP contribution is -2.15. The number of allylic oxidation sites excluding steroid dienone is 3. The molecule has 0 N–H and O–H groups in total. The van der Waals surface area contributed by atoms with Crippen molar-refractivity contribution in [3.8, 4) is 0 Å². The molecule has 0 bridgehead atoms. The van der Waals surface area contributed by atoms with Gasteiger partial charge in [0.25, 0.3) is 0 Å². The molecule has 0 aromatic heterocycles. The first-order valence-electron chi connectivity index (χ1n) is 4.76. The van der Waals surface area contributed by atoms with Gasteiger partial charge in [0.05, 0.1) is 0 Å². The summed E-state index contributed by atoms with van der Waals surface area (Å²) >= 11 is 0. The van der Waals surface area contributed by atoms with Crippen LogP contribution in [0.4, 0.5) is 8.78 Å². The predicted octanol–water partition coefficient (Wildman–Crippen LogP) is 2.51. The summed E-state index contributed by atoms with van der Waals surface area (Å²) in [6.07, 6.45) is 2.51. The average Bonchev–Trinajstić information content (AvgIpc) is 2.23. The van der Waals surface area contributed by atoms with Gasteiger partial charge in [0.1, 0.15) is 12.8 Å². The second kappa shape index (κ2) is 8.62. The molecule has 0 saturated carbocycles. The number of halogens is 2. The van der Waals surface area contributed by atoms with Crippen LogP contribution in [-0.2, 0) is 9.31 Å². The van der Waals surface area contributed by atoms with Crippen LogP contribution in [0.5, 0.6) is 0 Å². The van der Waals surface area contributed by atoms with E-state index >= 15 is 0 Å². The van der Waals surface area contributed by atoms with Gasteiger partial charge >= 0.3 is 7.12 Å². The van der Waals surface area contributed by atoms with E-state index in [4.69, 9.17) is 9.31 Å². The molecule has 0 saturated heterocycles. The number of alkyl halides is 2. The number of rotatable bonds is 7. The van der Waals surface area contributed by atoms with Gasteiger partial charge in [0, 0.05) is 14.2 Å². The van der Waals surface area contributed by atoms with Gasteiger partial charge in [-0.3, -0.25) is 0 Å². The Bertz CT molecular complexity index is 213. The summed E-state index contributed by atoms with van der Waals surface area (Å²) in [4.78, 5) is 0. The van der Waals surface area contributed by atoms with E-state index in [1.807, 2.05) is 0 Å². The molecular formula is C10H17BF2O2. The van der Waals surface area contributed by atoms with E-state index in [2.05, 4.69) is 0 Å². The smallest absolute Gasteiger partial charge is 0.410 e. The molecule has 1 atom stereocenters. The zero-order valence-electron chi connectivity index (χ0n) is 9.37. The monoisotopic (exact) mass is 218 g/mol. The molecule has 0 heterocycles. The van der Waals surface area contributed by atoms with Crippen LogP contribution < -0.4 is 0 Å². The Morgan fingerprint density at radius 1 is 1.40 bits per heavy atom. The molecule has 5 heteroatoms. The molecule has 0 radical (unpaired) electrons. The summed E-state index contributed by atoms with van der Waals surface area (Å²) in [6, 6.07) is 0. The predicted molar refractivity (Wildman–Crippen MR) is 58.2 cm³/mol. The zero-order chi connectivity index (χ0) is 11.7. The third kappa shape index (κ3) is 6.41. The second-order valence-corrected chi connectivity index (χ2v) is 3.03. The highest BCUT2D eigenvalue weighted by Crippen LogP contribution is 2.08. The zero-order valence-corrected chi connectivity index (χ0v) is 9.37. The maximum absolute atomic E-state index is 12.7. The van der Waals surface area contributed by atoms with E-state index in [0.717, 1.165) is 0 Å². The lowest BCUT2D eigenvalue weighted by atomic mass is 9.89. The fourth-order valence-electron chi connectivity index (χ4n) is 0.986. The Hall–Kier alpha value is -0.675. The van der Waals surface area contributed by atoms with Crippen LogP contribution >= 0.6 is 0 Å². The molecule has 0 amide bonds. The highest BCUT2D eigenvalue weighted by Gasteiger charge is 2.08. The maximum Gasteiger partial charge on any atom is 0.485 e. The lowest BCUT2D eigenvalue weighted by molar-refractivity contribution is 0.290. The molecule has 0 aliphatic heterocycles. The standard InChI is InChI=1S/C10H17BF2O2/c1-9(13)10(8-12)6-4-5-7-11(14-2)15-3/h5-7,9H,4,8H2,1-3H3/b7-5+,10-6-. The molecular weight excluding hydrogens is 201 g/mol. The SMILES string of the molecule is COB(/C=C/C/C=C(/CF)C(C)F)OC. The highest BCUT2D eigenvalue weighted by molar-refractivity contribution is 6.50. The second-order valence-electron chi connectivity index (χ2n) is 3.03. The van der Waals surface area contributed by atoms with Crippen molar-refractivity contribution in [2.45, 2.75) is 19.5 Å². The largest absolute Gasteiger partial charge is 0.485 e. The van der Waals surface area contributed by atoms with Gasteiger partial charge in [-0.25, -0.2) is 8.78 Å². The van der Waals surface area contributed by atoms with Crippen LogP contribution in [0, 0.1) is 0 Å². The minimum atomic E-state index is -1.23. The Morgan fingerprint density at radius 3 is 2.40 bits per heavy atom. The molecule has 0 fully saturated rings. The van der Waals surface area contributed by atoms with Crippen molar-refractivity contribution in [1.29, 1.82) is 0 Å². The molecule has 0 aromatic rings. The molecule has 2 nitrogen and oxygen atoms in total. The van der Waals surface area contributed by atoms with Gasteiger partial charge in [-0.05, 0) is 18.9 Å². The topological polar surface area (TPSA) is 18.5 Å². The maximum atomic E-state index is 12.7. The van der Waals surface area contributed by atoms with Gasteiger partial charge in [0.15, 0.2) is 0 Å². The van der Waals surface area contributed by atoms with E-state index in [9.17, 15) is 8.78 Å². The quantitative estimate of drug-likeness (QED) is 0.482. The van der Waals surface area contributed by atoms with E-state index in [0.29, 0.717) is 6.42 Å². The summed E-state index contributed by atoms with van der Waals surface area (Å²) < 4.78 is 34.8. The van der Waals surface area contributed by atoms with Crippen molar-refractivity contribution in [3.05, 3.63) is 23.7 Å². The van der Waals surface area contributed by atoms with Crippen LogP contribution in [-0.4, -0.2) is 34.2 Å². The van der Waals surface area contributed by atoms with E-state index in [-0.39, 0.29) is 5.57 Å². The summed E-state index contributed by atoms with van der Waals surface area (Å²) in [6.45, 7) is 0.575. The van der Waals surface area contributed by atoms with Gasteiger partial charge in [0.2, 0.25) is 0 Å². The van der Waals surface area contributed by atoms with E-state index in [1.54, 1.807) is 12.1 Å². The van der Waals surface area contributed by atoms with Crippen LogP contribution in [0.2, 0.25) is 0 Å². The van der Waals surface area contributed by atoms with Crippen LogP contribution in [0.3, 0.4) is 0 Å². The Morgan fingerprint density at radius 2 is 2.00 bits per heavy atom. The third-order valence-corrected chi connectivity index (χ3v) is 1.94. The molecule has 15 heavy (non-hydrogen) atoms. The van der Waals surface area contributed by atoms with Gasteiger partial charge < -0.3 is 9.31 Å². The van der Waals surface area contributed by atoms with Crippen molar-refractivity contribution in [2.24, 2.45) is 0 Å². The summed E-state index contributed by atoms with van der Waals surface area (Å²) in [5, 5.41) is 0. The Labute approximate surface area is 90.1 Å². The first kappa shape index (κ1) is 14.3. The minimum Gasteiger partial charge on any atom is -0.410 e. The first-order chi connectivity index (χ1) is 7.15. The molecule has 1 unspecified atom stereocenters. The van der Waals surface area contributed by atoms with E-state index < -0.39 is 20.0 Å². The van der Waals surface area contributed by atoms with Crippen LogP contribution in [0.1, 0.15) is 13.3 Å².